The summed E-state index contributed by atoms with van der Waals surface area (Å²) in [4.78, 5) is 24.6. The van der Waals surface area contributed by atoms with Crippen molar-refractivity contribution < 1.29 is 85.6 Å². The van der Waals surface area contributed by atoms with E-state index in [0.717, 1.165) is 5.56 Å². The van der Waals surface area contributed by atoms with Crippen LogP contribution in [-0.2, 0) is 19.1 Å². The molecule has 2 unspecified atom stereocenters. The van der Waals surface area contributed by atoms with Gasteiger partial charge >= 0.3 is 53.4 Å². The molecule has 266 valence electrons. The van der Waals surface area contributed by atoms with Crippen molar-refractivity contribution in [1.82, 2.24) is 0 Å². The molecule has 1 aromatic rings. The van der Waals surface area contributed by atoms with Crippen LogP contribution in [0.4, 0.5) is 61.5 Å². The summed E-state index contributed by atoms with van der Waals surface area (Å²) in [5.74, 6) is -55.9. The van der Waals surface area contributed by atoms with E-state index >= 15 is 0 Å². The zero-order chi connectivity index (χ0) is 36.6. The topological polar surface area (TPSA) is 72.8 Å². The molecule has 1 N–H and O–H groups in total. The normalized spacial score (nSPS) is 16.4. The van der Waals surface area contributed by atoms with E-state index in [9.17, 15) is 76.2 Å². The summed E-state index contributed by atoms with van der Waals surface area (Å²) in [5, 5.41) is 9.55. The van der Waals surface area contributed by atoms with Gasteiger partial charge < -0.3 is 14.6 Å². The van der Waals surface area contributed by atoms with Crippen LogP contribution in [-0.4, -0.2) is 78.3 Å². The summed E-state index contributed by atoms with van der Waals surface area (Å²) in [5.41, 5.74) is -3.22. The molecule has 1 rings (SSSR count). The number of carbonyl (C=O) groups is 2. The fourth-order valence-corrected chi connectivity index (χ4v) is 4.53. The van der Waals surface area contributed by atoms with E-state index in [0.29, 0.717) is 6.92 Å². The van der Waals surface area contributed by atoms with Crippen LogP contribution >= 0.6 is 15.9 Å². The molecule has 20 heteroatoms. The highest BCUT2D eigenvalue weighted by Crippen LogP contribution is 2.62. The molecular weight excluding hydrogens is 738 g/mol. The number of ether oxygens (including phenoxy) is 2. The summed E-state index contributed by atoms with van der Waals surface area (Å²) >= 11 is 3.36. The van der Waals surface area contributed by atoms with Crippen molar-refractivity contribution in [3.8, 4) is 0 Å². The maximum absolute atomic E-state index is 14.2. The van der Waals surface area contributed by atoms with E-state index in [2.05, 4.69) is 20.7 Å². The third-order valence-corrected chi connectivity index (χ3v) is 7.59. The quantitative estimate of drug-likeness (QED) is 0.105. The Morgan fingerprint density at radius 2 is 1.09 bits per heavy atom. The first-order valence-electron chi connectivity index (χ1n) is 12.6. The number of halogens is 15. The van der Waals surface area contributed by atoms with Gasteiger partial charge in [0.1, 0.15) is 12.0 Å². The minimum atomic E-state index is -8.25. The summed E-state index contributed by atoms with van der Waals surface area (Å²) < 4.78 is 200. The maximum Gasteiger partial charge on any atom is 0.384 e. The third kappa shape index (κ3) is 7.51. The number of carbonyl (C=O) groups excluding carboxylic acids is 2. The van der Waals surface area contributed by atoms with E-state index in [1.165, 1.54) is 13.8 Å². The van der Waals surface area contributed by atoms with E-state index in [1.807, 2.05) is 0 Å². The first-order valence-corrected chi connectivity index (χ1v) is 13.5. The smallest absolute Gasteiger partial charge is 0.384 e. The van der Waals surface area contributed by atoms with Gasteiger partial charge in [0, 0.05) is 11.8 Å². The zero-order valence-corrected chi connectivity index (χ0v) is 25.6. The molecule has 0 bridgehead atoms. The minimum Gasteiger partial charge on any atom is -0.464 e. The van der Waals surface area contributed by atoms with Gasteiger partial charge in [-0.15, -0.1) is 0 Å². The van der Waals surface area contributed by atoms with Gasteiger partial charge in [-0.2, -0.15) is 61.5 Å². The Balaban J connectivity index is 3.13. The molecule has 0 spiro atoms. The van der Waals surface area contributed by atoms with Gasteiger partial charge in [0.25, 0.3) is 0 Å². The first kappa shape index (κ1) is 41.6. The van der Waals surface area contributed by atoms with Crippen molar-refractivity contribution in [3.05, 3.63) is 35.9 Å². The highest BCUT2D eigenvalue weighted by Gasteiger charge is 2.92. The molecule has 0 saturated carbocycles. The van der Waals surface area contributed by atoms with Crippen molar-refractivity contribution in [2.24, 2.45) is 10.8 Å². The number of benzene rings is 1. The Morgan fingerprint density at radius 1 is 0.674 bits per heavy atom. The molecule has 0 aliphatic rings. The molecule has 0 heterocycles. The van der Waals surface area contributed by atoms with Gasteiger partial charge in [-0.3, -0.25) is 9.59 Å². The number of aliphatic hydroxyl groups is 1. The number of hydrogen-bond donors (Lipinski definition) is 1. The largest absolute Gasteiger partial charge is 0.464 e. The monoisotopic (exact) mass is 764 g/mol. The van der Waals surface area contributed by atoms with Crippen LogP contribution < -0.4 is 0 Å². The summed E-state index contributed by atoms with van der Waals surface area (Å²) in [6, 6.07) is 8.52. The molecular formula is C26H27BrF14O5. The second kappa shape index (κ2) is 13.3. The number of esters is 2. The van der Waals surface area contributed by atoms with Gasteiger partial charge in [-0.05, 0) is 32.8 Å². The number of alkyl halides is 15. The Kier molecular flexibility index (Phi) is 12.0. The van der Waals surface area contributed by atoms with Crippen molar-refractivity contribution in [1.29, 1.82) is 0 Å². The van der Waals surface area contributed by atoms with Crippen LogP contribution in [0.5, 0.6) is 0 Å². The Morgan fingerprint density at radius 3 is 1.52 bits per heavy atom. The molecule has 0 radical (unpaired) electrons. The molecule has 46 heavy (non-hydrogen) atoms. The lowest BCUT2D eigenvalue weighted by Gasteiger charge is -2.42. The highest BCUT2D eigenvalue weighted by atomic mass is 79.9. The Bertz CT molecular complexity index is 1220. The second-order valence-electron chi connectivity index (χ2n) is 11.3. The van der Waals surface area contributed by atoms with Crippen molar-refractivity contribution >= 4 is 27.9 Å². The lowest BCUT2D eigenvalue weighted by Crippen LogP contribution is -2.73. The van der Waals surface area contributed by atoms with Crippen molar-refractivity contribution in [3.63, 3.8) is 0 Å². The maximum atomic E-state index is 14.2. The van der Waals surface area contributed by atoms with Gasteiger partial charge in [-0.25, -0.2) is 0 Å². The molecule has 1 aromatic carbocycles. The van der Waals surface area contributed by atoms with Gasteiger partial charge in [0.2, 0.25) is 0 Å². The van der Waals surface area contributed by atoms with Gasteiger partial charge in [-0.1, -0.05) is 46.3 Å². The van der Waals surface area contributed by atoms with Crippen molar-refractivity contribution in [2.45, 2.75) is 80.4 Å². The lowest BCUT2D eigenvalue weighted by molar-refractivity contribution is -0.441. The van der Waals surface area contributed by atoms with Crippen LogP contribution in [0.3, 0.4) is 0 Å². The summed E-state index contributed by atoms with van der Waals surface area (Å²) in [6.07, 6.45) is 0.0527. The van der Waals surface area contributed by atoms with Crippen LogP contribution in [0.15, 0.2) is 30.3 Å². The first-order chi connectivity index (χ1) is 20.3. The predicted molar refractivity (Wildman–Crippen MR) is 134 cm³/mol. The average molecular weight is 765 g/mol. The SMILES string of the molecule is CC(C)(CC(Br)c1ccccc1)C(=O)OCC(C)(CO)C(=O)OCC(F)(F)C(F)(F)C(F)(F)C(F)(F)C(F)(F)C(F)(F)C(C)(F)F. The molecule has 0 aliphatic carbocycles. The second-order valence-corrected chi connectivity index (χ2v) is 12.4. The molecule has 0 saturated heterocycles. The summed E-state index contributed by atoms with van der Waals surface area (Å²) in [7, 11) is 0. The predicted octanol–water partition coefficient (Wildman–Crippen LogP) is 8.09. The van der Waals surface area contributed by atoms with Crippen molar-refractivity contribution in [2.75, 3.05) is 19.8 Å². The fourth-order valence-electron chi connectivity index (χ4n) is 3.42. The van der Waals surface area contributed by atoms with Crippen LogP contribution in [0.2, 0.25) is 0 Å². The van der Waals surface area contributed by atoms with E-state index in [-0.39, 0.29) is 6.42 Å². The number of hydrogen-bond acceptors (Lipinski definition) is 5. The Labute approximate surface area is 260 Å². The Hall–Kier alpha value is -2.38. The van der Waals surface area contributed by atoms with E-state index in [4.69, 9.17) is 4.74 Å². The van der Waals surface area contributed by atoms with Crippen LogP contribution in [0, 0.1) is 10.8 Å². The van der Waals surface area contributed by atoms with E-state index < -0.39 is 95.8 Å². The number of rotatable bonds is 16. The number of aliphatic hydroxyl groups excluding tert-OH is 1. The molecule has 0 amide bonds. The highest BCUT2D eigenvalue weighted by molar-refractivity contribution is 9.09. The molecule has 0 fully saturated rings. The third-order valence-electron chi connectivity index (χ3n) is 6.74. The molecule has 5 nitrogen and oxygen atoms in total. The van der Waals surface area contributed by atoms with Crippen LogP contribution in [0.1, 0.15) is 44.5 Å². The molecule has 0 aromatic heterocycles. The molecule has 2 atom stereocenters. The van der Waals surface area contributed by atoms with Gasteiger partial charge in [0.05, 0.1) is 12.0 Å². The summed E-state index contributed by atoms with van der Waals surface area (Å²) in [6.45, 7) is -3.74. The zero-order valence-electron chi connectivity index (χ0n) is 24.0. The standard InChI is InChI=1S/C26H27BrF14O5/c1-18(2,10-15(27)14-8-6-5-7-9-14)16(43)45-12-19(3,11-42)17(44)46-13-21(30,31)23(34,35)25(38,39)26(40,41)24(36,37)22(32,33)20(4,28)29/h5-9,15,42H,10-13H2,1-4H3. The van der Waals surface area contributed by atoms with E-state index in [1.54, 1.807) is 30.3 Å². The molecule has 0 aliphatic heterocycles. The van der Waals surface area contributed by atoms with Crippen LogP contribution in [0.25, 0.3) is 0 Å². The minimum absolute atomic E-state index is 0.0527. The van der Waals surface area contributed by atoms with Gasteiger partial charge in [0.15, 0.2) is 6.61 Å². The fraction of sp³-hybridized carbons (Fsp3) is 0.692. The average Bonchev–Trinajstić information content (AvgIpc) is 2.93. The lowest BCUT2D eigenvalue weighted by atomic mass is 9.86.